The lowest BCUT2D eigenvalue weighted by atomic mass is 9.99. The Balaban J connectivity index is 2.98. The number of halogens is 1. The van der Waals surface area contributed by atoms with E-state index in [4.69, 9.17) is 16.9 Å². The second kappa shape index (κ2) is 4.69. The quantitative estimate of drug-likeness (QED) is 0.794. The summed E-state index contributed by atoms with van der Waals surface area (Å²) in [4.78, 5) is 4.04. The van der Waals surface area contributed by atoms with Gasteiger partial charge in [-0.1, -0.05) is 11.6 Å². The standard InChI is InChI=1S/C11H14ClN3O/c1-7(16)11(2,3)15-10-5-8(6-13)4-9(12)14-10/h4-5,7,16H,1-3H3,(H,14,15). The summed E-state index contributed by atoms with van der Waals surface area (Å²) in [5.74, 6) is 0.481. The van der Waals surface area contributed by atoms with Gasteiger partial charge in [0.25, 0.3) is 0 Å². The van der Waals surface area contributed by atoms with Crippen LogP contribution in [0.5, 0.6) is 0 Å². The molecule has 2 N–H and O–H groups in total. The predicted octanol–water partition coefficient (Wildman–Crippen LogP) is 2.18. The number of aliphatic hydroxyl groups excluding tert-OH is 1. The average Bonchev–Trinajstić information content (AvgIpc) is 2.15. The van der Waals surface area contributed by atoms with Crippen LogP contribution in [0, 0.1) is 11.3 Å². The van der Waals surface area contributed by atoms with Gasteiger partial charge in [0.15, 0.2) is 0 Å². The third-order valence-corrected chi connectivity index (χ3v) is 2.61. The molecule has 1 rings (SSSR count). The minimum atomic E-state index is -0.557. The zero-order chi connectivity index (χ0) is 12.3. The second-order valence-electron chi connectivity index (χ2n) is 4.20. The molecule has 4 nitrogen and oxygen atoms in total. The van der Waals surface area contributed by atoms with E-state index < -0.39 is 11.6 Å². The Morgan fingerprint density at radius 3 is 2.69 bits per heavy atom. The minimum absolute atomic E-state index is 0.253. The van der Waals surface area contributed by atoms with Crippen LogP contribution in [0.2, 0.25) is 5.15 Å². The van der Waals surface area contributed by atoms with Crippen LogP contribution in [-0.2, 0) is 0 Å². The lowest BCUT2D eigenvalue weighted by Crippen LogP contribution is -2.42. The van der Waals surface area contributed by atoms with Crippen LogP contribution < -0.4 is 5.32 Å². The van der Waals surface area contributed by atoms with Crippen molar-refractivity contribution in [2.75, 3.05) is 5.32 Å². The number of anilines is 1. The van der Waals surface area contributed by atoms with Gasteiger partial charge in [0.2, 0.25) is 0 Å². The van der Waals surface area contributed by atoms with Crippen LogP contribution in [0.1, 0.15) is 26.3 Å². The number of aromatic nitrogens is 1. The molecule has 0 fully saturated rings. The molecule has 0 saturated heterocycles. The van der Waals surface area contributed by atoms with E-state index >= 15 is 0 Å². The van der Waals surface area contributed by atoms with Crippen molar-refractivity contribution >= 4 is 17.4 Å². The van der Waals surface area contributed by atoms with Crippen LogP contribution in [0.3, 0.4) is 0 Å². The normalized spacial score (nSPS) is 13.0. The van der Waals surface area contributed by atoms with Crippen molar-refractivity contribution in [1.29, 1.82) is 5.26 Å². The molecule has 0 saturated carbocycles. The molecule has 1 unspecified atom stereocenters. The highest BCUT2D eigenvalue weighted by molar-refractivity contribution is 6.29. The summed E-state index contributed by atoms with van der Waals surface area (Å²) < 4.78 is 0. The SMILES string of the molecule is CC(O)C(C)(C)Nc1cc(C#N)cc(Cl)n1. The molecular weight excluding hydrogens is 226 g/mol. The molecule has 1 atom stereocenters. The Bertz CT molecular complexity index is 424. The van der Waals surface area contributed by atoms with Crippen LogP contribution in [0.25, 0.3) is 0 Å². The molecule has 0 bridgehead atoms. The summed E-state index contributed by atoms with van der Waals surface area (Å²) in [6.45, 7) is 5.36. The third-order valence-electron chi connectivity index (χ3n) is 2.42. The molecule has 5 heteroatoms. The summed E-state index contributed by atoms with van der Waals surface area (Å²) in [5.41, 5.74) is -0.103. The van der Waals surface area contributed by atoms with E-state index in [9.17, 15) is 5.11 Å². The highest BCUT2D eigenvalue weighted by Crippen LogP contribution is 2.19. The summed E-state index contributed by atoms with van der Waals surface area (Å²) in [7, 11) is 0. The molecular formula is C11H14ClN3O. The summed E-state index contributed by atoms with van der Waals surface area (Å²) in [5, 5.41) is 21.6. The predicted molar refractivity (Wildman–Crippen MR) is 63.3 cm³/mol. The lowest BCUT2D eigenvalue weighted by Gasteiger charge is -2.29. The maximum Gasteiger partial charge on any atom is 0.132 e. The lowest BCUT2D eigenvalue weighted by molar-refractivity contribution is 0.133. The van der Waals surface area contributed by atoms with Crippen molar-refractivity contribution < 1.29 is 5.11 Å². The number of rotatable bonds is 3. The molecule has 1 heterocycles. The van der Waals surface area contributed by atoms with E-state index in [0.717, 1.165) is 0 Å². The fraction of sp³-hybridized carbons (Fsp3) is 0.455. The van der Waals surface area contributed by atoms with E-state index in [2.05, 4.69) is 10.3 Å². The molecule has 0 amide bonds. The third kappa shape index (κ3) is 3.09. The molecule has 0 aliphatic heterocycles. The first-order valence-electron chi connectivity index (χ1n) is 4.89. The van der Waals surface area contributed by atoms with Crippen LogP contribution in [0.4, 0.5) is 5.82 Å². The van der Waals surface area contributed by atoms with Gasteiger partial charge >= 0.3 is 0 Å². The van der Waals surface area contributed by atoms with Crippen molar-refractivity contribution in [3.8, 4) is 6.07 Å². The van der Waals surface area contributed by atoms with Gasteiger partial charge in [-0.3, -0.25) is 0 Å². The topological polar surface area (TPSA) is 68.9 Å². The first kappa shape index (κ1) is 12.8. The minimum Gasteiger partial charge on any atom is -0.391 e. The van der Waals surface area contributed by atoms with Crippen molar-refractivity contribution in [3.63, 3.8) is 0 Å². The van der Waals surface area contributed by atoms with Crippen LogP contribution >= 0.6 is 11.6 Å². The molecule has 0 aromatic carbocycles. The van der Waals surface area contributed by atoms with E-state index in [0.29, 0.717) is 11.4 Å². The van der Waals surface area contributed by atoms with Gasteiger partial charge in [0, 0.05) is 0 Å². The number of aliphatic hydroxyl groups is 1. The summed E-state index contributed by atoms with van der Waals surface area (Å²) in [6, 6.07) is 5.08. The van der Waals surface area contributed by atoms with Gasteiger partial charge < -0.3 is 10.4 Å². The maximum absolute atomic E-state index is 9.55. The van der Waals surface area contributed by atoms with Crippen molar-refractivity contribution in [2.24, 2.45) is 0 Å². The molecule has 0 aliphatic carbocycles. The number of hydrogen-bond acceptors (Lipinski definition) is 4. The molecule has 1 aromatic heterocycles. The second-order valence-corrected chi connectivity index (χ2v) is 4.59. The number of pyridine rings is 1. The molecule has 0 aliphatic rings. The first-order chi connectivity index (χ1) is 7.35. The number of nitrogens with one attached hydrogen (secondary N) is 1. The number of nitrogens with zero attached hydrogens (tertiary/aromatic N) is 2. The van der Waals surface area contributed by atoms with Crippen molar-refractivity contribution in [1.82, 2.24) is 4.98 Å². The smallest absolute Gasteiger partial charge is 0.132 e. The molecule has 86 valence electrons. The Hall–Kier alpha value is -1.31. The van der Waals surface area contributed by atoms with E-state index in [1.54, 1.807) is 13.0 Å². The number of nitriles is 1. The average molecular weight is 240 g/mol. The fourth-order valence-corrected chi connectivity index (χ4v) is 1.27. The molecule has 0 spiro atoms. The van der Waals surface area contributed by atoms with Gasteiger partial charge in [0.05, 0.1) is 23.3 Å². The largest absolute Gasteiger partial charge is 0.391 e. The first-order valence-corrected chi connectivity index (χ1v) is 5.27. The van der Waals surface area contributed by atoms with Crippen LogP contribution in [-0.4, -0.2) is 21.7 Å². The Labute approximate surface area is 99.9 Å². The Kier molecular flexibility index (Phi) is 3.74. The van der Waals surface area contributed by atoms with Gasteiger partial charge in [-0.25, -0.2) is 4.98 Å². The van der Waals surface area contributed by atoms with Gasteiger partial charge in [-0.05, 0) is 32.9 Å². The fourth-order valence-electron chi connectivity index (χ4n) is 1.06. The van der Waals surface area contributed by atoms with Crippen molar-refractivity contribution in [2.45, 2.75) is 32.4 Å². The monoisotopic (exact) mass is 239 g/mol. The number of hydrogen-bond donors (Lipinski definition) is 2. The molecule has 1 aromatic rings. The molecule has 16 heavy (non-hydrogen) atoms. The van der Waals surface area contributed by atoms with Gasteiger partial charge in [-0.15, -0.1) is 0 Å². The maximum atomic E-state index is 9.55. The summed E-state index contributed by atoms with van der Waals surface area (Å²) >= 11 is 5.77. The van der Waals surface area contributed by atoms with E-state index in [-0.39, 0.29) is 5.15 Å². The molecule has 0 radical (unpaired) electrons. The van der Waals surface area contributed by atoms with Gasteiger partial charge in [0.1, 0.15) is 11.0 Å². The van der Waals surface area contributed by atoms with E-state index in [1.165, 1.54) is 6.07 Å². The highest BCUT2D eigenvalue weighted by Gasteiger charge is 2.24. The van der Waals surface area contributed by atoms with E-state index in [1.807, 2.05) is 19.9 Å². The van der Waals surface area contributed by atoms with Gasteiger partial charge in [-0.2, -0.15) is 5.26 Å². The highest BCUT2D eigenvalue weighted by atomic mass is 35.5. The van der Waals surface area contributed by atoms with Crippen LogP contribution in [0.15, 0.2) is 12.1 Å². The van der Waals surface area contributed by atoms with Crippen molar-refractivity contribution in [3.05, 3.63) is 22.8 Å². The summed E-state index contributed by atoms with van der Waals surface area (Å²) in [6.07, 6.45) is -0.557. The Morgan fingerprint density at radius 1 is 1.56 bits per heavy atom. The zero-order valence-corrected chi connectivity index (χ0v) is 10.2. The zero-order valence-electron chi connectivity index (χ0n) is 9.45. The Morgan fingerprint density at radius 2 is 2.19 bits per heavy atom.